The van der Waals surface area contributed by atoms with Crippen LogP contribution in [-0.4, -0.2) is 0 Å². The Balaban J connectivity index is 0.000000290. The fourth-order valence-corrected chi connectivity index (χ4v) is 2.38. The number of rotatable bonds is 1. The summed E-state index contributed by atoms with van der Waals surface area (Å²) in [6.45, 7) is 14.7. The summed E-state index contributed by atoms with van der Waals surface area (Å²) < 4.78 is 0. The molecule has 0 radical (unpaired) electrons. The van der Waals surface area contributed by atoms with E-state index in [2.05, 4.69) is 83.1 Å². The molecule has 0 heterocycles. The van der Waals surface area contributed by atoms with Crippen LogP contribution in [0.3, 0.4) is 0 Å². The van der Waals surface area contributed by atoms with Gasteiger partial charge in [-0.3, -0.25) is 0 Å². The molecule has 0 aliphatic rings. The molecule has 0 spiro atoms. The maximum Gasteiger partial charge on any atom is -0.0181 e. The third-order valence-electron chi connectivity index (χ3n) is 4.29. The molecular formula is C25H32. The summed E-state index contributed by atoms with van der Waals surface area (Å²) in [5, 5.41) is 0. The molecule has 0 N–H and O–H groups in total. The molecule has 0 nitrogen and oxygen atoms in total. The van der Waals surface area contributed by atoms with Crippen molar-refractivity contribution in [1.82, 2.24) is 0 Å². The quantitative estimate of drug-likeness (QED) is 0.430. The van der Waals surface area contributed by atoms with Crippen molar-refractivity contribution in [2.75, 3.05) is 0 Å². The third-order valence-corrected chi connectivity index (χ3v) is 4.29. The molecule has 0 fully saturated rings. The molecule has 0 saturated carbocycles. The maximum absolute atomic E-state index is 2.26. The highest BCUT2D eigenvalue weighted by molar-refractivity contribution is 5.66. The zero-order chi connectivity index (χ0) is 18.8. The molecular weight excluding hydrogens is 300 g/mol. The molecule has 0 heteroatoms. The predicted molar refractivity (Wildman–Crippen MR) is 113 cm³/mol. The van der Waals surface area contributed by atoms with Crippen molar-refractivity contribution in [3.8, 4) is 11.1 Å². The van der Waals surface area contributed by atoms with E-state index >= 15 is 0 Å². The summed E-state index contributed by atoms with van der Waals surface area (Å²) in [6, 6.07) is 23.6. The minimum atomic E-state index is 1.31. The van der Waals surface area contributed by atoms with E-state index in [1.54, 1.807) is 0 Å². The monoisotopic (exact) mass is 332 g/mol. The van der Waals surface area contributed by atoms with Gasteiger partial charge in [-0.25, -0.2) is 0 Å². The Morgan fingerprint density at radius 3 is 1.12 bits per heavy atom. The molecule has 132 valence electrons. The highest BCUT2D eigenvalue weighted by Gasteiger charge is 2.01. The fraction of sp³-hybridized carbons (Fsp3) is 0.280. The first kappa shape index (κ1) is 20.7. The molecule has 0 aliphatic heterocycles. The van der Waals surface area contributed by atoms with Crippen LogP contribution >= 0.6 is 0 Å². The molecule has 3 rings (SSSR count). The Labute approximate surface area is 154 Å². The molecule has 3 aromatic carbocycles. The molecule has 0 unspecified atom stereocenters. The minimum absolute atomic E-state index is 1.31. The van der Waals surface area contributed by atoms with Gasteiger partial charge < -0.3 is 0 Å². The van der Waals surface area contributed by atoms with Crippen LogP contribution in [0.1, 0.15) is 41.7 Å². The first-order valence-corrected chi connectivity index (χ1v) is 9.14. The molecule has 0 aromatic heterocycles. The lowest BCUT2D eigenvalue weighted by Crippen LogP contribution is -1.86. The fourth-order valence-electron chi connectivity index (χ4n) is 2.38. The molecule has 0 atom stereocenters. The second-order valence-corrected chi connectivity index (χ2v) is 6.25. The second-order valence-electron chi connectivity index (χ2n) is 6.25. The Bertz CT molecular complexity index is 718. The second kappa shape index (κ2) is 10.5. The average molecular weight is 333 g/mol. The largest absolute Gasteiger partial charge is 0.0683 e. The van der Waals surface area contributed by atoms with Crippen LogP contribution in [0.15, 0.2) is 66.7 Å². The number of aryl methyl sites for hydroxylation is 5. The van der Waals surface area contributed by atoms with Crippen molar-refractivity contribution in [2.24, 2.45) is 0 Å². The summed E-state index contributed by atoms with van der Waals surface area (Å²) >= 11 is 0. The van der Waals surface area contributed by atoms with Gasteiger partial charge in [-0.1, -0.05) is 86.1 Å². The number of hydrogen-bond donors (Lipinski definition) is 0. The van der Waals surface area contributed by atoms with Gasteiger partial charge in [-0.2, -0.15) is 0 Å². The zero-order valence-corrected chi connectivity index (χ0v) is 16.9. The minimum Gasteiger partial charge on any atom is -0.0683 e. The van der Waals surface area contributed by atoms with E-state index in [4.69, 9.17) is 0 Å². The van der Waals surface area contributed by atoms with Crippen LogP contribution in [0.5, 0.6) is 0 Å². The summed E-state index contributed by atoms with van der Waals surface area (Å²) in [7, 11) is 0. The van der Waals surface area contributed by atoms with E-state index in [9.17, 15) is 0 Å². The van der Waals surface area contributed by atoms with Gasteiger partial charge in [0.05, 0.1) is 0 Å². The summed E-state index contributed by atoms with van der Waals surface area (Å²) in [5.41, 5.74) is 9.37. The topological polar surface area (TPSA) is 0 Å². The van der Waals surface area contributed by atoms with Crippen molar-refractivity contribution in [1.29, 1.82) is 0 Å². The lowest BCUT2D eigenvalue weighted by molar-refractivity contribution is 1.32. The molecule has 0 bridgehead atoms. The van der Waals surface area contributed by atoms with Gasteiger partial charge in [-0.05, 0) is 68.0 Å². The van der Waals surface area contributed by atoms with Crippen LogP contribution in [0.25, 0.3) is 11.1 Å². The lowest BCUT2D eigenvalue weighted by Gasteiger charge is -2.08. The highest BCUT2D eigenvalue weighted by Crippen LogP contribution is 2.24. The van der Waals surface area contributed by atoms with E-state index in [-0.39, 0.29) is 0 Å². The van der Waals surface area contributed by atoms with Crippen molar-refractivity contribution in [2.45, 2.75) is 48.5 Å². The van der Waals surface area contributed by atoms with Crippen molar-refractivity contribution >= 4 is 0 Å². The van der Waals surface area contributed by atoms with E-state index in [1.165, 1.54) is 38.9 Å². The van der Waals surface area contributed by atoms with Gasteiger partial charge in [0.1, 0.15) is 0 Å². The predicted octanol–water partition coefficient (Wildman–Crippen LogP) is 7.61. The van der Waals surface area contributed by atoms with Gasteiger partial charge >= 0.3 is 0 Å². The number of benzene rings is 3. The molecule has 0 aliphatic carbocycles. The summed E-state index contributed by atoms with van der Waals surface area (Å²) in [5.74, 6) is 0. The molecule has 0 amide bonds. The maximum atomic E-state index is 2.26. The van der Waals surface area contributed by atoms with Crippen molar-refractivity contribution in [3.05, 3.63) is 94.5 Å². The SMILES string of the molecule is CC.Cc1ccc(-c2ccc(C)c(C)c2)cc1C.Cc1ccccc1. The Hall–Kier alpha value is -2.34. The van der Waals surface area contributed by atoms with Gasteiger partial charge in [0.25, 0.3) is 0 Å². The van der Waals surface area contributed by atoms with Gasteiger partial charge in [0, 0.05) is 0 Å². The summed E-state index contributed by atoms with van der Waals surface area (Å²) in [6.07, 6.45) is 0. The van der Waals surface area contributed by atoms with E-state index in [1.807, 2.05) is 32.0 Å². The smallest absolute Gasteiger partial charge is 0.0181 e. The Morgan fingerprint density at radius 2 is 0.840 bits per heavy atom. The van der Waals surface area contributed by atoms with Gasteiger partial charge in [0.2, 0.25) is 0 Å². The highest BCUT2D eigenvalue weighted by atomic mass is 14.1. The van der Waals surface area contributed by atoms with Crippen LogP contribution < -0.4 is 0 Å². The van der Waals surface area contributed by atoms with Crippen LogP contribution in [-0.2, 0) is 0 Å². The molecule has 25 heavy (non-hydrogen) atoms. The Kier molecular flexibility index (Phi) is 8.70. The summed E-state index contributed by atoms with van der Waals surface area (Å²) in [4.78, 5) is 0. The molecule has 3 aromatic rings. The van der Waals surface area contributed by atoms with Crippen LogP contribution in [0.4, 0.5) is 0 Å². The lowest BCUT2D eigenvalue weighted by atomic mass is 9.98. The van der Waals surface area contributed by atoms with E-state index in [0.29, 0.717) is 0 Å². The molecule has 0 saturated heterocycles. The normalized spacial score (nSPS) is 9.40. The van der Waals surface area contributed by atoms with Crippen LogP contribution in [0.2, 0.25) is 0 Å². The zero-order valence-electron chi connectivity index (χ0n) is 16.9. The third kappa shape index (κ3) is 6.58. The van der Waals surface area contributed by atoms with Crippen LogP contribution in [0, 0.1) is 34.6 Å². The number of hydrogen-bond acceptors (Lipinski definition) is 0. The van der Waals surface area contributed by atoms with Crippen molar-refractivity contribution in [3.63, 3.8) is 0 Å². The average Bonchev–Trinajstić information content (AvgIpc) is 2.63. The van der Waals surface area contributed by atoms with Gasteiger partial charge in [-0.15, -0.1) is 0 Å². The van der Waals surface area contributed by atoms with Gasteiger partial charge in [0.15, 0.2) is 0 Å². The van der Waals surface area contributed by atoms with E-state index < -0.39 is 0 Å². The standard InChI is InChI=1S/C16H18.C7H8.C2H6/c1-11-5-7-15(9-13(11)3)16-8-6-12(2)14(4)10-16;1-7-5-3-2-4-6-7;1-2/h5-10H,1-4H3;2-6H,1H3;1-2H3. The van der Waals surface area contributed by atoms with Crippen molar-refractivity contribution < 1.29 is 0 Å². The Morgan fingerprint density at radius 1 is 0.440 bits per heavy atom. The first-order valence-electron chi connectivity index (χ1n) is 9.14. The first-order chi connectivity index (χ1) is 12.0. The van der Waals surface area contributed by atoms with E-state index in [0.717, 1.165) is 0 Å².